The first-order chi connectivity index (χ1) is 8.00. The Morgan fingerprint density at radius 1 is 1.33 bits per heavy atom. The Labute approximate surface area is 113 Å². The second-order valence-electron chi connectivity index (χ2n) is 4.54. The first-order valence-electron chi connectivity index (χ1n) is 5.01. The van der Waals surface area contributed by atoms with Crippen molar-refractivity contribution in [2.75, 3.05) is 6.26 Å². The van der Waals surface area contributed by atoms with Crippen molar-refractivity contribution in [3.05, 3.63) is 33.8 Å². The maximum Gasteiger partial charge on any atom is 0.155 e. The lowest BCUT2D eigenvalue weighted by atomic mass is 9.97. The minimum absolute atomic E-state index is 0.0396. The quantitative estimate of drug-likeness (QED) is 0.859. The Morgan fingerprint density at radius 2 is 1.83 bits per heavy atom. The normalized spacial score (nSPS) is 14.6. The van der Waals surface area contributed by atoms with E-state index in [-0.39, 0.29) is 4.47 Å². The van der Waals surface area contributed by atoms with E-state index in [1.807, 2.05) is 0 Å². The van der Waals surface area contributed by atoms with Crippen molar-refractivity contribution in [3.8, 4) is 0 Å². The monoisotopic (exact) mass is 342 g/mol. The molecule has 1 N–H and O–H groups in total. The van der Waals surface area contributed by atoms with Gasteiger partial charge in [0.15, 0.2) is 9.84 Å². The van der Waals surface area contributed by atoms with Crippen molar-refractivity contribution >= 4 is 25.8 Å². The molecule has 0 heterocycles. The van der Waals surface area contributed by atoms with Crippen molar-refractivity contribution in [1.29, 1.82) is 0 Å². The maximum atomic E-state index is 13.8. The van der Waals surface area contributed by atoms with Crippen LogP contribution in [0.1, 0.15) is 25.5 Å². The lowest BCUT2D eigenvalue weighted by Gasteiger charge is -2.29. The zero-order valence-electron chi connectivity index (χ0n) is 10.0. The van der Waals surface area contributed by atoms with E-state index in [1.54, 1.807) is 0 Å². The van der Waals surface area contributed by atoms with E-state index in [2.05, 4.69) is 15.9 Å². The molecule has 18 heavy (non-hydrogen) atoms. The van der Waals surface area contributed by atoms with Crippen molar-refractivity contribution < 1.29 is 22.3 Å². The fraction of sp³-hybridized carbons (Fsp3) is 0.455. The molecule has 7 heteroatoms. The number of hydrogen-bond donors (Lipinski definition) is 1. The Kier molecular flexibility index (Phi) is 4.19. The van der Waals surface area contributed by atoms with E-state index < -0.39 is 37.9 Å². The molecule has 0 aliphatic carbocycles. The summed E-state index contributed by atoms with van der Waals surface area (Å²) < 4.78 is 48.8. The molecule has 0 radical (unpaired) electrons. The molecule has 1 aromatic rings. The molecule has 1 unspecified atom stereocenters. The number of aliphatic hydroxyl groups is 1. The van der Waals surface area contributed by atoms with Gasteiger partial charge in [-0.25, -0.2) is 17.2 Å². The molecule has 3 nitrogen and oxygen atoms in total. The van der Waals surface area contributed by atoms with Crippen LogP contribution in [0.25, 0.3) is 0 Å². The summed E-state index contributed by atoms with van der Waals surface area (Å²) in [7, 11) is -3.69. The van der Waals surface area contributed by atoms with Gasteiger partial charge in [0, 0.05) is 6.26 Å². The van der Waals surface area contributed by atoms with Gasteiger partial charge in [-0.2, -0.15) is 0 Å². The summed E-state index contributed by atoms with van der Waals surface area (Å²) in [4.78, 5) is 0. The second-order valence-corrected chi connectivity index (χ2v) is 7.99. The van der Waals surface area contributed by atoms with E-state index in [0.29, 0.717) is 0 Å². The van der Waals surface area contributed by atoms with Crippen molar-refractivity contribution in [2.45, 2.75) is 24.7 Å². The highest BCUT2D eigenvalue weighted by atomic mass is 79.9. The average Bonchev–Trinajstić information content (AvgIpc) is 2.22. The van der Waals surface area contributed by atoms with Crippen LogP contribution in [-0.4, -0.2) is 24.5 Å². The predicted octanol–water partition coefficient (Wildman–Crippen LogP) is 2.58. The van der Waals surface area contributed by atoms with Gasteiger partial charge < -0.3 is 5.11 Å². The molecule has 0 amide bonds. The Bertz CT molecular complexity index is 570. The van der Waals surface area contributed by atoms with Crippen LogP contribution in [-0.2, 0) is 9.84 Å². The molecule has 0 aliphatic heterocycles. The van der Waals surface area contributed by atoms with Gasteiger partial charge >= 0.3 is 0 Å². The lowest BCUT2D eigenvalue weighted by Crippen LogP contribution is -2.38. The van der Waals surface area contributed by atoms with Crippen LogP contribution in [0.4, 0.5) is 8.78 Å². The molecule has 1 atom stereocenters. The smallest absolute Gasteiger partial charge is 0.155 e. The molecule has 0 bridgehead atoms. The molecule has 0 spiro atoms. The average molecular weight is 343 g/mol. The highest BCUT2D eigenvalue weighted by molar-refractivity contribution is 9.10. The molecule has 0 aliphatic rings. The molecule has 0 saturated heterocycles. The van der Waals surface area contributed by atoms with Crippen LogP contribution < -0.4 is 0 Å². The highest BCUT2D eigenvalue weighted by Gasteiger charge is 2.41. The van der Waals surface area contributed by atoms with Gasteiger partial charge in [0.1, 0.15) is 17.7 Å². The number of benzene rings is 1. The standard InChI is InChI=1S/C11H13BrF2O3S/c1-11(2,18(3,16)17)10(15)8-7(13)5-4-6(12)9(8)14/h4-5,10,15H,1-3H3. The number of halogens is 3. The summed E-state index contributed by atoms with van der Waals surface area (Å²) in [6, 6.07) is 2.11. The Morgan fingerprint density at radius 3 is 2.28 bits per heavy atom. The van der Waals surface area contributed by atoms with Gasteiger partial charge in [-0.1, -0.05) is 0 Å². The van der Waals surface area contributed by atoms with Gasteiger partial charge in [-0.05, 0) is 41.9 Å². The van der Waals surface area contributed by atoms with E-state index in [0.717, 1.165) is 18.4 Å². The van der Waals surface area contributed by atoms with E-state index in [1.165, 1.54) is 13.8 Å². The van der Waals surface area contributed by atoms with Crippen molar-refractivity contribution in [3.63, 3.8) is 0 Å². The summed E-state index contributed by atoms with van der Waals surface area (Å²) in [6.07, 6.45) is -0.894. The lowest BCUT2D eigenvalue weighted by molar-refractivity contribution is 0.130. The highest BCUT2D eigenvalue weighted by Crippen LogP contribution is 2.36. The van der Waals surface area contributed by atoms with E-state index in [4.69, 9.17) is 0 Å². The molecule has 1 rings (SSSR count). The molecule has 1 aromatic carbocycles. The molecular weight excluding hydrogens is 330 g/mol. The van der Waals surface area contributed by atoms with Crippen LogP contribution in [0.5, 0.6) is 0 Å². The minimum atomic E-state index is -3.69. The summed E-state index contributed by atoms with van der Waals surface area (Å²) >= 11 is 2.86. The number of aliphatic hydroxyl groups excluding tert-OH is 1. The van der Waals surface area contributed by atoms with Gasteiger partial charge in [0.2, 0.25) is 0 Å². The number of sulfone groups is 1. The van der Waals surface area contributed by atoms with Crippen LogP contribution in [0.15, 0.2) is 16.6 Å². The van der Waals surface area contributed by atoms with Crippen molar-refractivity contribution in [1.82, 2.24) is 0 Å². The first-order valence-corrected chi connectivity index (χ1v) is 7.69. The Balaban J connectivity index is 3.45. The maximum absolute atomic E-state index is 13.8. The van der Waals surface area contributed by atoms with Crippen LogP contribution >= 0.6 is 15.9 Å². The van der Waals surface area contributed by atoms with Gasteiger partial charge in [0.05, 0.1) is 14.8 Å². The largest absolute Gasteiger partial charge is 0.387 e. The summed E-state index contributed by atoms with van der Waals surface area (Å²) in [5.74, 6) is -1.99. The van der Waals surface area contributed by atoms with Gasteiger partial charge in [-0.3, -0.25) is 0 Å². The molecular formula is C11H13BrF2O3S. The zero-order valence-corrected chi connectivity index (χ0v) is 12.4. The topological polar surface area (TPSA) is 54.4 Å². The van der Waals surface area contributed by atoms with Crippen LogP contribution in [0.3, 0.4) is 0 Å². The first kappa shape index (κ1) is 15.5. The summed E-state index contributed by atoms with van der Waals surface area (Å²) in [5, 5.41) is 9.99. The summed E-state index contributed by atoms with van der Waals surface area (Å²) in [6.45, 7) is 2.43. The fourth-order valence-electron chi connectivity index (χ4n) is 1.34. The number of hydrogen-bond acceptors (Lipinski definition) is 3. The molecule has 0 aromatic heterocycles. The van der Waals surface area contributed by atoms with Crippen molar-refractivity contribution in [2.24, 2.45) is 0 Å². The zero-order chi connectivity index (χ0) is 14.3. The SMILES string of the molecule is CC(C)(C(O)c1c(F)ccc(Br)c1F)S(C)(=O)=O. The molecule has 0 fully saturated rings. The fourth-order valence-corrected chi connectivity index (χ4v) is 2.21. The van der Waals surface area contributed by atoms with Crippen LogP contribution in [0.2, 0.25) is 0 Å². The van der Waals surface area contributed by atoms with E-state index in [9.17, 15) is 22.3 Å². The molecule has 102 valence electrons. The van der Waals surface area contributed by atoms with E-state index >= 15 is 0 Å². The third-order valence-corrected chi connectivity index (χ3v) is 5.71. The Hall–Kier alpha value is -0.530. The third-order valence-electron chi connectivity index (χ3n) is 2.97. The van der Waals surface area contributed by atoms with Gasteiger partial charge in [0.25, 0.3) is 0 Å². The number of rotatable bonds is 3. The molecule has 0 saturated carbocycles. The van der Waals surface area contributed by atoms with Gasteiger partial charge in [-0.15, -0.1) is 0 Å². The predicted molar refractivity (Wildman–Crippen MR) is 67.9 cm³/mol. The minimum Gasteiger partial charge on any atom is -0.387 e. The third kappa shape index (κ3) is 2.57. The second kappa shape index (κ2) is 4.86. The summed E-state index contributed by atoms with van der Waals surface area (Å²) in [5.41, 5.74) is -0.653. The van der Waals surface area contributed by atoms with Crippen LogP contribution in [0, 0.1) is 11.6 Å².